The first-order chi connectivity index (χ1) is 16.3. The number of carbonyl (C=O) groups is 3. The predicted molar refractivity (Wildman–Crippen MR) is 130 cm³/mol. The fourth-order valence-corrected chi connectivity index (χ4v) is 2.94. The molecule has 0 aliphatic rings. The van der Waals surface area contributed by atoms with E-state index in [-0.39, 0.29) is 11.1 Å². The molecule has 3 rings (SSSR count). The lowest BCUT2D eigenvalue weighted by molar-refractivity contribution is -0.119. The smallest absolute Gasteiger partial charge is 0.338 e. The number of aryl methyl sites for hydroxylation is 1. The molecule has 34 heavy (non-hydrogen) atoms. The summed E-state index contributed by atoms with van der Waals surface area (Å²) in [4.78, 5) is 36.6. The maximum absolute atomic E-state index is 12.4. The fourth-order valence-electron chi connectivity index (χ4n) is 2.81. The van der Waals surface area contributed by atoms with Gasteiger partial charge in [-0.1, -0.05) is 41.4 Å². The van der Waals surface area contributed by atoms with Crippen molar-refractivity contribution in [1.82, 2.24) is 0 Å². The topological polar surface area (TPSA) is 108 Å². The lowest BCUT2D eigenvalue weighted by Crippen LogP contribution is -2.20. The number of nitrogens with zero attached hydrogens (tertiary/aromatic N) is 1. The number of halogens is 1. The van der Waals surface area contributed by atoms with E-state index in [2.05, 4.69) is 10.6 Å². The van der Waals surface area contributed by atoms with Crippen molar-refractivity contribution in [2.24, 2.45) is 0 Å². The second-order valence-electron chi connectivity index (χ2n) is 7.24. The van der Waals surface area contributed by atoms with Gasteiger partial charge >= 0.3 is 5.97 Å². The molecule has 0 aliphatic heterocycles. The summed E-state index contributed by atoms with van der Waals surface area (Å²) in [5.74, 6) is -1.70. The summed E-state index contributed by atoms with van der Waals surface area (Å²) in [6.45, 7) is 1.50. The van der Waals surface area contributed by atoms with Crippen LogP contribution in [0.1, 0.15) is 21.5 Å². The van der Waals surface area contributed by atoms with Crippen molar-refractivity contribution in [2.45, 2.75) is 6.92 Å². The lowest BCUT2D eigenvalue weighted by atomic mass is 10.1. The van der Waals surface area contributed by atoms with Crippen LogP contribution >= 0.6 is 11.6 Å². The van der Waals surface area contributed by atoms with Gasteiger partial charge in [-0.15, -0.1) is 0 Å². The Hall–Kier alpha value is -4.41. The second-order valence-corrected chi connectivity index (χ2v) is 7.68. The van der Waals surface area contributed by atoms with Gasteiger partial charge in [-0.25, -0.2) is 4.79 Å². The van der Waals surface area contributed by atoms with Crippen LogP contribution in [-0.2, 0) is 14.3 Å². The van der Waals surface area contributed by atoms with Gasteiger partial charge in [0.2, 0.25) is 0 Å². The van der Waals surface area contributed by atoms with E-state index in [0.29, 0.717) is 22.0 Å². The van der Waals surface area contributed by atoms with E-state index in [1.54, 1.807) is 48.5 Å². The molecule has 2 amide bonds. The molecule has 0 spiro atoms. The van der Waals surface area contributed by atoms with Crippen LogP contribution in [0.3, 0.4) is 0 Å². The van der Waals surface area contributed by atoms with Gasteiger partial charge < -0.3 is 15.4 Å². The summed E-state index contributed by atoms with van der Waals surface area (Å²) >= 11 is 5.82. The van der Waals surface area contributed by atoms with Gasteiger partial charge in [0.25, 0.3) is 11.8 Å². The van der Waals surface area contributed by atoms with Crippen LogP contribution in [-0.4, -0.2) is 24.4 Å². The monoisotopic (exact) mass is 473 g/mol. The third kappa shape index (κ3) is 7.05. The zero-order chi connectivity index (χ0) is 24.5. The number of ether oxygens (including phenoxy) is 1. The van der Waals surface area contributed by atoms with Crippen molar-refractivity contribution in [1.29, 1.82) is 5.26 Å². The van der Waals surface area contributed by atoms with Crippen molar-refractivity contribution < 1.29 is 19.1 Å². The molecular weight excluding hydrogens is 454 g/mol. The largest absolute Gasteiger partial charge is 0.452 e. The highest BCUT2D eigenvalue weighted by Crippen LogP contribution is 2.16. The SMILES string of the molecule is Cc1ccc(NC(=O)COC(=O)c2ccc(/C=C(/C#N)C(=O)Nc3ccc(Cl)cc3)cc2)cc1. The molecule has 7 nitrogen and oxygen atoms in total. The number of benzene rings is 3. The van der Waals surface area contributed by atoms with Gasteiger partial charge in [0, 0.05) is 16.4 Å². The van der Waals surface area contributed by atoms with E-state index in [4.69, 9.17) is 16.3 Å². The first-order valence-electron chi connectivity index (χ1n) is 10.2. The Bertz CT molecular complexity index is 1260. The molecule has 0 aliphatic carbocycles. The van der Waals surface area contributed by atoms with Crippen molar-refractivity contribution >= 4 is 46.8 Å². The first-order valence-corrected chi connectivity index (χ1v) is 10.5. The molecule has 0 aromatic heterocycles. The summed E-state index contributed by atoms with van der Waals surface area (Å²) in [6.07, 6.45) is 1.40. The fraction of sp³-hybridized carbons (Fsp3) is 0.0769. The van der Waals surface area contributed by atoms with Crippen LogP contribution in [0, 0.1) is 18.3 Å². The van der Waals surface area contributed by atoms with Crippen LogP contribution in [0.2, 0.25) is 5.02 Å². The maximum Gasteiger partial charge on any atom is 0.338 e. The summed E-state index contributed by atoms with van der Waals surface area (Å²) in [6, 6.07) is 21.7. The molecule has 3 aromatic rings. The van der Waals surface area contributed by atoms with Crippen molar-refractivity contribution in [2.75, 3.05) is 17.2 Å². The Morgan fingerprint density at radius 2 is 1.50 bits per heavy atom. The molecule has 0 unspecified atom stereocenters. The molecule has 2 N–H and O–H groups in total. The minimum Gasteiger partial charge on any atom is -0.452 e. The first kappa shape index (κ1) is 24.2. The van der Waals surface area contributed by atoms with Crippen LogP contribution in [0.5, 0.6) is 0 Å². The van der Waals surface area contributed by atoms with E-state index < -0.39 is 24.4 Å². The Kier molecular flexibility index (Phi) is 8.16. The quantitative estimate of drug-likeness (QED) is 0.285. The van der Waals surface area contributed by atoms with Gasteiger partial charge in [0.05, 0.1) is 5.56 Å². The number of carbonyl (C=O) groups excluding carboxylic acids is 3. The third-order valence-corrected chi connectivity index (χ3v) is 4.85. The van der Waals surface area contributed by atoms with Crippen LogP contribution in [0.4, 0.5) is 11.4 Å². The van der Waals surface area contributed by atoms with Gasteiger partial charge in [-0.05, 0) is 67.1 Å². The average molecular weight is 474 g/mol. The maximum atomic E-state index is 12.4. The van der Waals surface area contributed by atoms with Gasteiger partial charge in [-0.2, -0.15) is 5.26 Å². The minimum absolute atomic E-state index is 0.113. The summed E-state index contributed by atoms with van der Waals surface area (Å²) in [7, 11) is 0. The van der Waals surface area contributed by atoms with E-state index in [1.165, 1.54) is 18.2 Å². The van der Waals surface area contributed by atoms with Crippen molar-refractivity contribution in [3.05, 3.63) is 100 Å². The number of rotatable bonds is 7. The zero-order valence-electron chi connectivity index (χ0n) is 18.2. The molecule has 3 aromatic carbocycles. The minimum atomic E-state index is -0.671. The van der Waals surface area contributed by atoms with E-state index >= 15 is 0 Å². The van der Waals surface area contributed by atoms with Crippen molar-refractivity contribution in [3.63, 3.8) is 0 Å². The summed E-state index contributed by atoms with van der Waals surface area (Å²) < 4.78 is 5.05. The Morgan fingerprint density at radius 1 is 0.912 bits per heavy atom. The summed E-state index contributed by atoms with van der Waals surface area (Å²) in [5.41, 5.74) is 2.82. The van der Waals surface area contributed by atoms with E-state index in [1.807, 2.05) is 25.1 Å². The molecule has 170 valence electrons. The average Bonchev–Trinajstić information content (AvgIpc) is 2.84. The molecule has 0 atom stereocenters. The second kappa shape index (κ2) is 11.5. The predicted octanol–water partition coefficient (Wildman–Crippen LogP) is 4.99. The zero-order valence-corrected chi connectivity index (χ0v) is 18.9. The number of hydrogen-bond donors (Lipinski definition) is 2. The van der Waals surface area contributed by atoms with Gasteiger partial charge in [0.15, 0.2) is 6.61 Å². The summed E-state index contributed by atoms with van der Waals surface area (Å²) in [5, 5.41) is 15.1. The van der Waals surface area contributed by atoms with E-state index in [0.717, 1.165) is 5.56 Å². The van der Waals surface area contributed by atoms with Gasteiger partial charge in [0.1, 0.15) is 11.6 Å². The standard InChI is InChI=1S/C26H20ClN3O4/c1-17-2-10-22(11-3-17)29-24(31)16-34-26(33)19-6-4-18(5-7-19)14-20(15-28)25(32)30-23-12-8-21(27)9-13-23/h2-14H,16H2,1H3,(H,29,31)(H,30,32)/b20-14-. The van der Waals surface area contributed by atoms with Gasteiger partial charge in [-0.3, -0.25) is 9.59 Å². The Morgan fingerprint density at radius 3 is 2.12 bits per heavy atom. The van der Waals surface area contributed by atoms with E-state index in [9.17, 15) is 19.6 Å². The highest BCUT2D eigenvalue weighted by atomic mass is 35.5. The molecule has 0 fully saturated rings. The van der Waals surface area contributed by atoms with Crippen LogP contribution in [0.25, 0.3) is 6.08 Å². The number of nitrogens with one attached hydrogen (secondary N) is 2. The molecule has 0 saturated carbocycles. The molecular formula is C26H20ClN3O4. The molecule has 8 heteroatoms. The number of esters is 1. The molecule has 0 heterocycles. The Labute approximate surface area is 201 Å². The normalized spacial score (nSPS) is 10.7. The van der Waals surface area contributed by atoms with Crippen molar-refractivity contribution in [3.8, 4) is 6.07 Å². The lowest BCUT2D eigenvalue weighted by Gasteiger charge is -2.07. The number of amides is 2. The molecule has 0 bridgehead atoms. The van der Waals surface area contributed by atoms with Crippen LogP contribution in [0.15, 0.2) is 78.4 Å². The molecule has 0 saturated heterocycles. The number of nitriles is 1. The highest BCUT2D eigenvalue weighted by molar-refractivity contribution is 6.30. The van der Waals surface area contributed by atoms with Crippen LogP contribution < -0.4 is 10.6 Å². The molecule has 0 radical (unpaired) electrons. The number of hydrogen-bond acceptors (Lipinski definition) is 5. The third-order valence-electron chi connectivity index (χ3n) is 4.59. The highest BCUT2D eigenvalue weighted by Gasteiger charge is 2.12. The Balaban J connectivity index is 1.56. The number of anilines is 2.